The highest BCUT2D eigenvalue weighted by Crippen LogP contribution is 2.35. The molecule has 0 radical (unpaired) electrons. The van der Waals surface area contributed by atoms with Gasteiger partial charge in [0, 0.05) is 13.1 Å². The van der Waals surface area contributed by atoms with E-state index in [1.54, 1.807) is 0 Å². The first-order valence-corrected chi connectivity index (χ1v) is 10.3. The molecule has 4 fully saturated rings. The number of fused-ring (bicyclic) bond motifs is 4. The van der Waals surface area contributed by atoms with Gasteiger partial charge in [-0.3, -0.25) is 0 Å². The summed E-state index contributed by atoms with van der Waals surface area (Å²) in [6.45, 7) is -0.253. The third kappa shape index (κ3) is 3.48. The van der Waals surface area contributed by atoms with Gasteiger partial charge in [-0.15, -0.1) is 8.57 Å². The molecule has 4 amide bonds. The smallest absolute Gasteiger partial charge is 0.312 e. The van der Waals surface area contributed by atoms with E-state index in [4.69, 9.17) is 0 Å². The van der Waals surface area contributed by atoms with Crippen LogP contribution >= 0.6 is 0 Å². The molecule has 164 valence electrons. The van der Waals surface area contributed by atoms with Crippen molar-refractivity contribution < 1.29 is 44.1 Å². The van der Waals surface area contributed by atoms with Crippen LogP contribution in [0.15, 0.2) is 0 Å². The minimum atomic E-state index is -4.99. The molecule has 4 saturated heterocycles. The van der Waals surface area contributed by atoms with Crippen molar-refractivity contribution >= 4 is 22.5 Å². The summed E-state index contributed by atoms with van der Waals surface area (Å²) in [7, 11) is -4.99. The molecule has 0 aromatic heterocycles. The lowest BCUT2D eigenvalue weighted by atomic mass is 10.0. The van der Waals surface area contributed by atoms with E-state index in [2.05, 4.69) is 8.57 Å². The lowest BCUT2D eigenvalue weighted by Gasteiger charge is -2.29. The Morgan fingerprint density at radius 1 is 0.759 bits per heavy atom. The standard InChI is InChI=1S/C14H18F4N4O6S/c15-11(16)9-3-1-7-5-19(9)13(23)21(7)27-29(25,26)28-22-8-2-4-10(12(17)18)20(6-8)14(22)24/h7-12H,1-6H2. The quantitative estimate of drug-likeness (QED) is 0.568. The molecule has 4 atom stereocenters. The molecule has 0 saturated carbocycles. The molecule has 0 spiro atoms. The van der Waals surface area contributed by atoms with Gasteiger partial charge in [0.1, 0.15) is 0 Å². The fraction of sp³-hybridized carbons (Fsp3) is 0.857. The highest BCUT2D eigenvalue weighted by molar-refractivity contribution is 7.81. The normalized spacial score (nSPS) is 32.3. The predicted octanol–water partition coefficient (Wildman–Crippen LogP) is 1.16. The second-order valence-electron chi connectivity index (χ2n) is 7.34. The number of halogens is 4. The fourth-order valence-corrected chi connectivity index (χ4v) is 5.05. The van der Waals surface area contributed by atoms with E-state index in [9.17, 15) is 35.6 Å². The van der Waals surface area contributed by atoms with E-state index < -0.39 is 59.5 Å². The summed E-state index contributed by atoms with van der Waals surface area (Å²) in [5, 5.41) is 0.902. The third-order valence-corrected chi connectivity index (χ3v) is 6.35. The zero-order valence-electron chi connectivity index (χ0n) is 14.9. The minimum Gasteiger partial charge on any atom is -0.312 e. The Morgan fingerprint density at radius 3 is 1.48 bits per heavy atom. The van der Waals surface area contributed by atoms with Crippen molar-refractivity contribution in [2.45, 2.75) is 62.7 Å². The number of hydroxylamine groups is 4. The predicted molar refractivity (Wildman–Crippen MR) is 84.6 cm³/mol. The number of carbonyl (C=O) groups is 2. The average Bonchev–Trinajstić information content (AvgIpc) is 3.01. The molecular weight excluding hydrogens is 428 g/mol. The molecule has 0 aromatic rings. The summed E-state index contributed by atoms with van der Waals surface area (Å²) in [4.78, 5) is 26.2. The number of urea groups is 2. The summed E-state index contributed by atoms with van der Waals surface area (Å²) < 4.78 is 86.1. The molecule has 0 N–H and O–H groups in total. The van der Waals surface area contributed by atoms with E-state index in [0.717, 1.165) is 9.80 Å². The van der Waals surface area contributed by atoms with E-state index in [-0.39, 0.29) is 38.8 Å². The van der Waals surface area contributed by atoms with Crippen LogP contribution in [0.1, 0.15) is 25.7 Å². The van der Waals surface area contributed by atoms with Gasteiger partial charge in [-0.05, 0) is 25.7 Å². The van der Waals surface area contributed by atoms with Gasteiger partial charge in [0.15, 0.2) is 0 Å². The Hall–Kier alpha value is -1.87. The van der Waals surface area contributed by atoms with Crippen LogP contribution in [0.5, 0.6) is 0 Å². The van der Waals surface area contributed by atoms with Crippen molar-refractivity contribution in [3.8, 4) is 0 Å². The molecule has 10 nitrogen and oxygen atoms in total. The molecule has 0 aromatic carbocycles. The largest absolute Gasteiger partial charge is 0.442 e. The van der Waals surface area contributed by atoms with Gasteiger partial charge in [0.05, 0.1) is 24.2 Å². The summed E-state index contributed by atoms with van der Waals surface area (Å²) in [6.07, 6.45) is -5.42. The zero-order valence-corrected chi connectivity index (χ0v) is 15.7. The lowest BCUT2D eigenvalue weighted by Crippen LogP contribution is -2.44. The summed E-state index contributed by atoms with van der Waals surface area (Å²) in [5.74, 6) is 0. The second kappa shape index (κ2) is 7.12. The first-order valence-electron chi connectivity index (χ1n) is 8.99. The lowest BCUT2D eigenvalue weighted by molar-refractivity contribution is -0.0843. The van der Waals surface area contributed by atoms with E-state index >= 15 is 0 Å². The number of nitrogens with zero attached hydrogens (tertiary/aromatic N) is 4. The Bertz CT molecular complexity index is 743. The minimum absolute atomic E-state index is 0.0223. The number of hydrogen-bond donors (Lipinski definition) is 0. The number of alkyl halides is 4. The summed E-state index contributed by atoms with van der Waals surface area (Å²) in [5.41, 5.74) is 0. The van der Waals surface area contributed by atoms with Crippen molar-refractivity contribution in [3.63, 3.8) is 0 Å². The van der Waals surface area contributed by atoms with Crippen molar-refractivity contribution in [1.82, 2.24) is 19.9 Å². The van der Waals surface area contributed by atoms with E-state index in [1.807, 2.05) is 0 Å². The van der Waals surface area contributed by atoms with Gasteiger partial charge in [0.2, 0.25) is 0 Å². The fourth-order valence-electron chi connectivity index (χ4n) is 4.25. The highest BCUT2D eigenvalue weighted by Gasteiger charge is 2.52. The van der Waals surface area contributed by atoms with Gasteiger partial charge < -0.3 is 9.80 Å². The van der Waals surface area contributed by atoms with Crippen LogP contribution in [0.25, 0.3) is 0 Å². The summed E-state index contributed by atoms with van der Waals surface area (Å²) >= 11 is 0. The Morgan fingerprint density at radius 2 is 1.14 bits per heavy atom. The number of rotatable bonds is 6. The highest BCUT2D eigenvalue weighted by atomic mass is 32.3. The molecule has 0 aliphatic carbocycles. The van der Waals surface area contributed by atoms with Crippen molar-refractivity contribution in [2.24, 2.45) is 0 Å². The van der Waals surface area contributed by atoms with Gasteiger partial charge in [-0.1, -0.05) is 0 Å². The monoisotopic (exact) mass is 446 g/mol. The first-order chi connectivity index (χ1) is 13.6. The first kappa shape index (κ1) is 20.4. The topological polar surface area (TPSA) is 99.7 Å². The number of carbonyl (C=O) groups excluding carboxylic acids is 2. The van der Waals surface area contributed by atoms with Crippen LogP contribution in [0.4, 0.5) is 27.2 Å². The third-order valence-electron chi connectivity index (χ3n) is 5.66. The van der Waals surface area contributed by atoms with Crippen molar-refractivity contribution in [3.05, 3.63) is 0 Å². The molecule has 4 rings (SSSR count). The van der Waals surface area contributed by atoms with Crippen LogP contribution in [0.3, 0.4) is 0 Å². The molecule has 29 heavy (non-hydrogen) atoms. The van der Waals surface area contributed by atoms with Gasteiger partial charge in [-0.25, -0.2) is 27.2 Å². The molecule has 4 unspecified atom stereocenters. The van der Waals surface area contributed by atoms with Crippen molar-refractivity contribution in [2.75, 3.05) is 13.1 Å². The molecule has 4 aliphatic rings. The zero-order chi connectivity index (χ0) is 21.1. The van der Waals surface area contributed by atoms with Gasteiger partial charge in [-0.2, -0.15) is 18.5 Å². The maximum Gasteiger partial charge on any atom is 0.442 e. The number of piperidine rings is 2. The SMILES string of the molecule is O=C1N2CC(CCC2C(F)F)N1OS(=O)(=O)ON1C(=O)N2CC1CCC2C(F)F. The van der Waals surface area contributed by atoms with E-state index in [0.29, 0.717) is 10.1 Å². The van der Waals surface area contributed by atoms with Crippen molar-refractivity contribution in [1.29, 1.82) is 0 Å². The Balaban J connectivity index is 1.44. The molecule has 4 aliphatic heterocycles. The maximum absolute atomic E-state index is 13.0. The van der Waals surface area contributed by atoms with Crippen LogP contribution in [-0.2, 0) is 19.0 Å². The van der Waals surface area contributed by atoms with Crippen LogP contribution in [-0.4, -0.2) is 90.5 Å². The summed E-state index contributed by atoms with van der Waals surface area (Å²) in [6, 6.07) is -6.30. The van der Waals surface area contributed by atoms with Crippen LogP contribution in [0.2, 0.25) is 0 Å². The molecule has 4 heterocycles. The Kier molecular flexibility index (Phi) is 5.01. The van der Waals surface area contributed by atoms with Crippen LogP contribution < -0.4 is 0 Å². The van der Waals surface area contributed by atoms with Gasteiger partial charge >= 0.3 is 22.5 Å². The molecule has 4 bridgehead atoms. The van der Waals surface area contributed by atoms with Crippen LogP contribution in [0, 0.1) is 0 Å². The maximum atomic E-state index is 13.0. The second-order valence-corrected chi connectivity index (χ2v) is 8.46. The average molecular weight is 446 g/mol. The van der Waals surface area contributed by atoms with E-state index in [1.165, 1.54) is 0 Å². The van der Waals surface area contributed by atoms with Gasteiger partial charge in [0.25, 0.3) is 12.9 Å². The molecule has 15 heteroatoms. The number of amides is 4. The molecular formula is C14H18F4N4O6S. The Labute approximate surface area is 163 Å². The number of hydrogen-bond acceptors (Lipinski definition) is 6.